The van der Waals surface area contributed by atoms with Gasteiger partial charge in [-0.25, -0.2) is 4.79 Å². The van der Waals surface area contributed by atoms with Crippen molar-refractivity contribution in [2.75, 3.05) is 27.2 Å². The zero-order valence-corrected chi connectivity index (χ0v) is 11.9. The summed E-state index contributed by atoms with van der Waals surface area (Å²) in [4.78, 5) is 12.6. The molecule has 1 rings (SSSR count). The molecule has 0 atom stereocenters. The third kappa shape index (κ3) is 5.77. The van der Waals surface area contributed by atoms with Crippen molar-refractivity contribution in [3.63, 3.8) is 0 Å². The minimum Gasteiger partial charge on any atom is -0.493 e. The first-order valence-electron chi connectivity index (χ1n) is 5.97. The lowest BCUT2D eigenvalue weighted by Gasteiger charge is -2.12. The van der Waals surface area contributed by atoms with E-state index >= 15 is 0 Å². The van der Waals surface area contributed by atoms with Gasteiger partial charge in [-0.3, -0.25) is 0 Å². The van der Waals surface area contributed by atoms with E-state index in [2.05, 4.69) is 4.90 Å². The largest absolute Gasteiger partial charge is 0.493 e. The van der Waals surface area contributed by atoms with Gasteiger partial charge in [0.1, 0.15) is 5.75 Å². The molecule has 0 aliphatic rings. The molecule has 0 heterocycles. The molecule has 0 aliphatic heterocycles. The number of nitrogens with zero attached hydrogens (tertiary/aromatic N) is 1. The summed E-state index contributed by atoms with van der Waals surface area (Å²) in [5.74, 6) is -0.415. The molecule has 0 spiro atoms. The van der Waals surface area contributed by atoms with Crippen molar-refractivity contribution in [1.29, 1.82) is 0 Å². The van der Waals surface area contributed by atoms with Crippen molar-refractivity contribution < 1.29 is 14.6 Å². The first kappa shape index (κ1) is 15.5. The van der Waals surface area contributed by atoms with E-state index in [0.717, 1.165) is 19.0 Å². The number of carboxylic acid groups (broad SMARTS) is 1. The van der Waals surface area contributed by atoms with E-state index in [0.29, 0.717) is 22.9 Å². The van der Waals surface area contributed by atoms with E-state index in [1.807, 2.05) is 14.1 Å². The van der Waals surface area contributed by atoms with E-state index in [1.165, 1.54) is 6.08 Å². The maximum atomic E-state index is 10.6. The average molecular weight is 284 g/mol. The Kier molecular flexibility index (Phi) is 6.39. The zero-order valence-electron chi connectivity index (χ0n) is 11.1. The molecule has 4 nitrogen and oxygen atoms in total. The SMILES string of the molecule is CN(C)CCCOc1cccc(Cl)c1/C=C/C(=O)O. The van der Waals surface area contributed by atoms with Gasteiger partial charge >= 0.3 is 5.97 Å². The van der Waals surface area contributed by atoms with Crippen molar-refractivity contribution in [3.8, 4) is 5.75 Å². The van der Waals surface area contributed by atoms with Crippen molar-refractivity contribution in [3.05, 3.63) is 34.9 Å². The molecule has 0 bridgehead atoms. The molecule has 1 N–H and O–H groups in total. The first-order chi connectivity index (χ1) is 9.00. The lowest BCUT2D eigenvalue weighted by atomic mass is 10.2. The Morgan fingerprint density at radius 1 is 1.47 bits per heavy atom. The van der Waals surface area contributed by atoms with Crippen LogP contribution in [0.15, 0.2) is 24.3 Å². The van der Waals surface area contributed by atoms with Crippen LogP contribution in [0.3, 0.4) is 0 Å². The molecule has 0 aliphatic carbocycles. The van der Waals surface area contributed by atoms with Gasteiger partial charge in [0.2, 0.25) is 0 Å². The van der Waals surface area contributed by atoms with Crippen LogP contribution in [0, 0.1) is 0 Å². The van der Waals surface area contributed by atoms with Gasteiger partial charge in [-0.2, -0.15) is 0 Å². The smallest absolute Gasteiger partial charge is 0.328 e. The van der Waals surface area contributed by atoms with Crippen LogP contribution < -0.4 is 4.74 Å². The van der Waals surface area contributed by atoms with E-state index in [4.69, 9.17) is 21.4 Å². The van der Waals surface area contributed by atoms with Gasteiger partial charge in [0.25, 0.3) is 0 Å². The standard InChI is InChI=1S/C14H18ClNO3/c1-16(2)9-4-10-19-13-6-3-5-12(15)11(13)7-8-14(17)18/h3,5-8H,4,9-10H2,1-2H3,(H,17,18)/b8-7+. The van der Waals surface area contributed by atoms with Gasteiger partial charge in [-0.05, 0) is 38.7 Å². The van der Waals surface area contributed by atoms with Crippen molar-refractivity contribution in [2.45, 2.75) is 6.42 Å². The molecule has 5 heteroatoms. The Labute approximate surface area is 118 Å². The number of benzene rings is 1. The van der Waals surface area contributed by atoms with Crippen molar-refractivity contribution >= 4 is 23.6 Å². The maximum absolute atomic E-state index is 10.6. The van der Waals surface area contributed by atoms with E-state index in [9.17, 15) is 4.79 Å². The number of carboxylic acids is 1. The Bertz CT molecular complexity index is 458. The quantitative estimate of drug-likeness (QED) is 0.617. The Morgan fingerprint density at radius 3 is 2.84 bits per heavy atom. The molecular formula is C14H18ClNO3. The van der Waals surface area contributed by atoms with Gasteiger partial charge in [-0.15, -0.1) is 0 Å². The number of rotatable bonds is 7. The summed E-state index contributed by atoms with van der Waals surface area (Å²) in [6, 6.07) is 5.26. The van der Waals surface area contributed by atoms with E-state index < -0.39 is 5.97 Å². The van der Waals surface area contributed by atoms with E-state index in [1.54, 1.807) is 18.2 Å². The highest BCUT2D eigenvalue weighted by atomic mass is 35.5. The molecule has 0 saturated heterocycles. The highest BCUT2D eigenvalue weighted by molar-refractivity contribution is 6.32. The van der Waals surface area contributed by atoms with Crippen LogP contribution >= 0.6 is 11.6 Å². The van der Waals surface area contributed by atoms with Crippen LogP contribution in [0.1, 0.15) is 12.0 Å². The molecule has 19 heavy (non-hydrogen) atoms. The Morgan fingerprint density at radius 2 is 2.21 bits per heavy atom. The zero-order chi connectivity index (χ0) is 14.3. The number of halogens is 1. The molecule has 0 unspecified atom stereocenters. The second-order valence-electron chi connectivity index (χ2n) is 4.33. The Balaban J connectivity index is 2.71. The predicted molar refractivity (Wildman–Crippen MR) is 76.8 cm³/mol. The lowest BCUT2D eigenvalue weighted by molar-refractivity contribution is -0.131. The van der Waals surface area contributed by atoms with Gasteiger partial charge < -0.3 is 14.7 Å². The number of aliphatic carboxylic acids is 1. The van der Waals surface area contributed by atoms with Crippen LogP contribution in [-0.2, 0) is 4.79 Å². The van der Waals surface area contributed by atoms with Gasteiger partial charge in [0.15, 0.2) is 0 Å². The summed E-state index contributed by atoms with van der Waals surface area (Å²) in [5, 5.41) is 9.13. The monoisotopic (exact) mass is 283 g/mol. The lowest BCUT2D eigenvalue weighted by Crippen LogP contribution is -2.15. The molecule has 0 radical (unpaired) electrons. The van der Waals surface area contributed by atoms with E-state index in [-0.39, 0.29) is 0 Å². The molecule has 1 aromatic carbocycles. The minimum absolute atomic E-state index is 0.475. The number of ether oxygens (including phenoxy) is 1. The van der Waals surface area contributed by atoms with Gasteiger partial charge in [0, 0.05) is 18.2 Å². The van der Waals surface area contributed by atoms with Crippen molar-refractivity contribution in [2.24, 2.45) is 0 Å². The summed E-state index contributed by atoms with van der Waals surface area (Å²) in [7, 11) is 4.00. The van der Waals surface area contributed by atoms with Crippen LogP contribution in [0.4, 0.5) is 0 Å². The number of carbonyl (C=O) groups is 1. The first-order valence-corrected chi connectivity index (χ1v) is 6.35. The summed E-state index contributed by atoms with van der Waals surface area (Å²) < 4.78 is 5.65. The molecule has 104 valence electrons. The summed E-state index contributed by atoms with van der Waals surface area (Å²) in [6.45, 7) is 1.49. The van der Waals surface area contributed by atoms with Gasteiger partial charge in [0.05, 0.1) is 11.6 Å². The highest BCUT2D eigenvalue weighted by Crippen LogP contribution is 2.27. The second-order valence-corrected chi connectivity index (χ2v) is 4.74. The Hall–Kier alpha value is -1.52. The average Bonchev–Trinajstić information content (AvgIpc) is 2.33. The topological polar surface area (TPSA) is 49.8 Å². The van der Waals surface area contributed by atoms with Crippen LogP contribution in [0.2, 0.25) is 5.02 Å². The molecule has 0 amide bonds. The normalized spacial score (nSPS) is 11.2. The summed E-state index contributed by atoms with van der Waals surface area (Å²) in [6.07, 6.45) is 3.39. The molecular weight excluding hydrogens is 266 g/mol. The summed E-state index contributed by atoms with van der Waals surface area (Å²) >= 11 is 6.04. The fourth-order valence-electron chi connectivity index (χ4n) is 1.52. The number of hydrogen-bond donors (Lipinski definition) is 1. The highest BCUT2D eigenvalue weighted by Gasteiger charge is 2.06. The molecule has 1 aromatic rings. The minimum atomic E-state index is -1.02. The maximum Gasteiger partial charge on any atom is 0.328 e. The van der Waals surface area contributed by atoms with Gasteiger partial charge in [-0.1, -0.05) is 17.7 Å². The third-order valence-electron chi connectivity index (χ3n) is 2.41. The third-order valence-corrected chi connectivity index (χ3v) is 2.74. The van der Waals surface area contributed by atoms with Crippen LogP contribution in [0.5, 0.6) is 5.75 Å². The molecule has 0 saturated carbocycles. The fraction of sp³-hybridized carbons (Fsp3) is 0.357. The molecule has 0 aromatic heterocycles. The fourth-order valence-corrected chi connectivity index (χ4v) is 1.75. The van der Waals surface area contributed by atoms with Crippen LogP contribution in [0.25, 0.3) is 6.08 Å². The number of hydrogen-bond acceptors (Lipinski definition) is 3. The second kappa shape index (κ2) is 7.81. The van der Waals surface area contributed by atoms with Crippen molar-refractivity contribution in [1.82, 2.24) is 4.90 Å². The predicted octanol–water partition coefficient (Wildman–Crippen LogP) is 2.77. The van der Waals surface area contributed by atoms with Crippen LogP contribution in [-0.4, -0.2) is 43.2 Å². The summed E-state index contributed by atoms with van der Waals surface area (Å²) in [5.41, 5.74) is 0.594. The molecule has 0 fully saturated rings.